The highest BCUT2D eigenvalue weighted by molar-refractivity contribution is 9.10. The molecule has 0 radical (unpaired) electrons. The lowest BCUT2D eigenvalue weighted by Crippen LogP contribution is -2.28. The number of hydrogen-bond acceptors (Lipinski definition) is 4. The van der Waals surface area contributed by atoms with Crippen LogP contribution in [0.25, 0.3) is 6.08 Å². The first-order chi connectivity index (χ1) is 12.8. The average Bonchev–Trinajstić information content (AvgIpc) is 2.85. The van der Waals surface area contributed by atoms with Gasteiger partial charge >= 0.3 is 0 Å². The molecule has 8 heteroatoms. The summed E-state index contributed by atoms with van der Waals surface area (Å²) < 4.78 is 14.9. The van der Waals surface area contributed by atoms with E-state index in [1.807, 2.05) is 37.2 Å². The molecule has 140 valence electrons. The Kier molecular flexibility index (Phi) is 5.93. The molecule has 2 amide bonds. The zero-order valence-electron chi connectivity index (χ0n) is 14.5. The number of halogens is 3. The fourth-order valence-corrected chi connectivity index (χ4v) is 4.42. The van der Waals surface area contributed by atoms with E-state index in [2.05, 4.69) is 15.9 Å². The van der Waals surface area contributed by atoms with Gasteiger partial charge in [-0.05, 0) is 63.6 Å². The summed E-state index contributed by atoms with van der Waals surface area (Å²) in [4.78, 5) is 28.2. The minimum absolute atomic E-state index is 0.126. The lowest BCUT2D eigenvalue weighted by molar-refractivity contribution is -0.123. The first-order valence-corrected chi connectivity index (χ1v) is 9.92. The number of amides is 2. The molecule has 0 N–H and O–H groups in total. The summed E-state index contributed by atoms with van der Waals surface area (Å²) >= 11 is 10.3. The SMILES string of the molecule is CN(C)c1ccc(/C=C2\SC(=O)N(Cc3c(F)cccc3Cl)C2=O)cc1Br. The summed E-state index contributed by atoms with van der Waals surface area (Å²) in [5.74, 6) is -1.01. The summed E-state index contributed by atoms with van der Waals surface area (Å²) in [7, 11) is 3.86. The van der Waals surface area contributed by atoms with Gasteiger partial charge < -0.3 is 4.90 Å². The van der Waals surface area contributed by atoms with Crippen molar-refractivity contribution in [2.75, 3.05) is 19.0 Å². The maximum Gasteiger partial charge on any atom is 0.293 e. The monoisotopic (exact) mass is 468 g/mol. The van der Waals surface area contributed by atoms with Gasteiger partial charge in [-0.2, -0.15) is 0 Å². The summed E-state index contributed by atoms with van der Waals surface area (Å²) in [6.45, 7) is -0.198. The van der Waals surface area contributed by atoms with Crippen molar-refractivity contribution in [1.82, 2.24) is 4.90 Å². The van der Waals surface area contributed by atoms with E-state index in [1.165, 1.54) is 18.2 Å². The predicted octanol–water partition coefficient (Wildman–Crippen LogP) is 5.54. The number of thioether (sulfide) groups is 1. The first kappa shape index (κ1) is 19.9. The van der Waals surface area contributed by atoms with Crippen molar-refractivity contribution >= 4 is 62.2 Å². The van der Waals surface area contributed by atoms with Crippen LogP contribution in [0.3, 0.4) is 0 Å². The van der Waals surface area contributed by atoms with Crippen LogP contribution in [0, 0.1) is 5.82 Å². The van der Waals surface area contributed by atoms with Crippen LogP contribution in [-0.4, -0.2) is 30.1 Å². The highest BCUT2D eigenvalue weighted by Crippen LogP contribution is 2.35. The molecule has 0 aliphatic carbocycles. The number of hydrogen-bond donors (Lipinski definition) is 0. The van der Waals surface area contributed by atoms with E-state index in [4.69, 9.17) is 11.6 Å². The minimum Gasteiger partial charge on any atom is -0.377 e. The number of carbonyl (C=O) groups is 2. The Balaban J connectivity index is 1.86. The molecule has 0 unspecified atom stereocenters. The summed E-state index contributed by atoms with van der Waals surface area (Å²) in [6.07, 6.45) is 1.65. The van der Waals surface area contributed by atoms with E-state index in [9.17, 15) is 14.0 Å². The molecule has 27 heavy (non-hydrogen) atoms. The van der Waals surface area contributed by atoms with Crippen LogP contribution >= 0.6 is 39.3 Å². The Labute approximate surface area is 174 Å². The third kappa shape index (κ3) is 4.20. The molecule has 3 rings (SSSR count). The summed E-state index contributed by atoms with van der Waals surface area (Å²) in [6, 6.07) is 9.90. The predicted molar refractivity (Wildman–Crippen MR) is 111 cm³/mol. The van der Waals surface area contributed by atoms with E-state index in [0.717, 1.165) is 32.4 Å². The molecule has 0 spiro atoms. The van der Waals surface area contributed by atoms with Crippen molar-refractivity contribution in [1.29, 1.82) is 0 Å². The smallest absolute Gasteiger partial charge is 0.293 e. The van der Waals surface area contributed by atoms with E-state index in [1.54, 1.807) is 6.08 Å². The molecular formula is C19H15BrClFN2O2S. The third-order valence-electron chi connectivity index (χ3n) is 4.00. The van der Waals surface area contributed by atoms with Crippen molar-refractivity contribution in [3.05, 3.63) is 67.7 Å². The van der Waals surface area contributed by atoms with Crippen LogP contribution < -0.4 is 4.90 Å². The number of carbonyl (C=O) groups excluding carboxylic acids is 2. The number of anilines is 1. The molecule has 0 bridgehead atoms. The van der Waals surface area contributed by atoms with Gasteiger partial charge in [-0.15, -0.1) is 0 Å². The molecule has 2 aromatic rings. The van der Waals surface area contributed by atoms with Gasteiger partial charge in [0.1, 0.15) is 5.82 Å². The van der Waals surface area contributed by atoms with E-state index < -0.39 is 17.0 Å². The lowest BCUT2D eigenvalue weighted by Gasteiger charge is -2.15. The minimum atomic E-state index is -0.547. The number of imide groups is 1. The van der Waals surface area contributed by atoms with Crippen LogP contribution in [0.15, 0.2) is 45.8 Å². The second-order valence-electron chi connectivity index (χ2n) is 6.07. The Bertz CT molecular complexity index is 944. The number of rotatable bonds is 4. The molecule has 0 aromatic heterocycles. The molecule has 1 heterocycles. The fraction of sp³-hybridized carbons (Fsp3) is 0.158. The fourth-order valence-electron chi connectivity index (χ4n) is 2.60. The highest BCUT2D eigenvalue weighted by Gasteiger charge is 2.35. The van der Waals surface area contributed by atoms with E-state index in [0.29, 0.717) is 0 Å². The van der Waals surface area contributed by atoms with E-state index >= 15 is 0 Å². The van der Waals surface area contributed by atoms with Gasteiger partial charge in [0.05, 0.1) is 17.1 Å². The standard InChI is InChI=1S/C19H15BrClFN2O2S/c1-23(2)16-7-6-11(8-13(16)20)9-17-18(25)24(19(26)27-17)10-12-14(21)4-3-5-15(12)22/h3-9H,10H2,1-2H3/b17-9-. The number of nitrogens with zero attached hydrogens (tertiary/aromatic N) is 2. The molecule has 0 saturated carbocycles. The first-order valence-electron chi connectivity index (χ1n) is 7.93. The second kappa shape index (κ2) is 8.04. The number of benzene rings is 2. The largest absolute Gasteiger partial charge is 0.377 e. The molecule has 1 fully saturated rings. The van der Waals surface area contributed by atoms with Crippen molar-refractivity contribution in [2.45, 2.75) is 6.54 Å². The second-order valence-corrected chi connectivity index (χ2v) is 8.33. The highest BCUT2D eigenvalue weighted by atomic mass is 79.9. The van der Waals surface area contributed by atoms with Crippen LogP contribution in [0.2, 0.25) is 5.02 Å². The molecular weight excluding hydrogens is 455 g/mol. The molecule has 2 aromatic carbocycles. The zero-order valence-corrected chi connectivity index (χ0v) is 17.7. The van der Waals surface area contributed by atoms with Gasteiger partial charge in [0.15, 0.2) is 0 Å². The molecule has 1 aliphatic heterocycles. The Hall–Kier alpha value is -1.83. The van der Waals surface area contributed by atoms with Crippen molar-refractivity contribution in [2.24, 2.45) is 0 Å². The van der Waals surface area contributed by atoms with Crippen molar-refractivity contribution in [3.63, 3.8) is 0 Å². The molecule has 1 aliphatic rings. The lowest BCUT2D eigenvalue weighted by atomic mass is 10.1. The average molecular weight is 470 g/mol. The summed E-state index contributed by atoms with van der Waals surface area (Å²) in [5.41, 5.74) is 1.90. The van der Waals surface area contributed by atoms with Crippen molar-refractivity contribution in [3.8, 4) is 0 Å². The van der Waals surface area contributed by atoms with Crippen LogP contribution in [0.5, 0.6) is 0 Å². The molecule has 0 atom stereocenters. The van der Waals surface area contributed by atoms with Crippen LogP contribution in [0.1, 0.15) is 11.1 Å². The normalized spacial score (nSPS) is 15.7. The quantitative estimate of drug-likeness (QED) is 0.551. The third-order valence-corrected chi connectivity index (χ3v) is 5.90. The maximum absolute atomic E-state index is 14.0. The Morgan fingerprint density at radius 1 is 1.26 bits per heavy atom. The Morgan fingerprint density at radius 3 is 2.63 bits per heavy atom. The zero-order chi connectivity index (χ0) is 19.7. The van der Waals surface area contributed by atoms with Gasteiger partial charge in [-0.1, -0.05) is 23.7 Å². The molecule has 4 nitrogen and oxygen atoms in total. The van der Waals surface area contributed by atoms with E-state index in [-0.39, 0.29) is 22.0 Å². The van der Waals surface area contributed by atoms with Crippen molar-refractivity contribution < 1.29 is 14.0 Å². The van der Waals surface area contributed by atoms with Gasteiger partial charge in [-0.3, -0.25) is 14.5 Å². The Morgan fingerprint density at radius 2 is 2.00 bits per heavy atom. The van der Waals surface area contributed by atoms with Gasteiger partial charge in [0.25, 0.3) is 11.1 Å². The van der Waals surface area contributed by atoms with Gasteiger partial charge in [0.2, 0.25) is 0 Å². The van der Waals surface area contributed by atoms with Gasteiger partial charge in [0, 0.05) is 29.2 Å². The molecule has 1 saturated heterocycles. The van der Waals surface area contributed by atoms with Crippen LogP contribution in [-0.2, 0) is 11.3 Å². The summed E-state index contributed by atoms with van der Waals surface area (Å²) in [5, 5.41) is -0.268. The van der Waals surface area contributed by atoms with Gasteiger partial charge in [-0.25, -0.2) is 4.39 Å². The topological polar surface area (TPSA) is 40.6 Å². The van der Waals surface area contributed by atoms with Crippen LogP contribution in [0.4, 0.5) is 14.9 Å². The maximum atomic E-state index is 14.0.